The average Bonchev–Trinajstić information content (AvgIpc) is 2.16. The molecule has 0 unspecified atom stereocenters. The first-order chi connectivity index (χ1) is 5.62. The van der Waals surface area contributed by atoms with Gasteiger partial charge in [0, 0.05) is 0 Å². The molecule has 0 heterocycles. The molecule has 0 aromatic carbocycles. The van der Waals surface area contributed by atoms with Crippen molar-refractivity contribution in [3.05, 3.63) is 0 Å². The first-order valence-electron chi connectivity index (χ1n) is 2.61. The standard InChI is InChI=1S/2C3H3NO2.V/c2*1-4(2-5)3-6;/h2*1H3;/q2*-2;+4. The zero-order chi connectivity index (χ0) is 9.98. The largest absolute Gasteiger partial charge is 4.00 e. The van der Waals surface area contributed by atoms with Gasteiger partial charge in [-0.1, -0.05) is 0 Å². The van der Waals surface area contributed by atoms with Crippen molar-refractivity contribution in [3.63, 3.8) is 0 Å². The molecule has 13 heavy (non-hydrogen) atoms. The molecular formula is C6H6N2O4V. The summed E-state index contributed by atoms with van der Waals surface area (Å²) >= 11 is 0. The van der Waals surface area contributed by atoms with Crippen LogP contribution in [0.15, 0.2) is 0 Å². The van der Waals surface area contributed by atoms with Gasteiger partial charge in [-0.3, -0.25) is 0 Å². The summed E-state index contributed by atoms with van der Waals surface area (Å²) in [4.78, 5) is 38.4. The summed E-state index contributed by atoms with van der Waals surface area (Å²) in [6.07, 6.45) is 5.10. The van der Waals surface area contributed by atoms with E-state index in [9.17, 15) is 19.2 Å². The smallest absolute Gasteiger partial charge is 0.639 e. The Hall–Kier alpha value is -1.14. The van der Waals surface area contributed by atoms with Crippen molar-refractivity contribution < 1.29 is 37.7 Å². The fraction of sp³-hybridized carbons (Fsp3) is 0.333. The van der Waals surface area contributed by atoms with Crippen LogP contribution in [0, 0.1) is 0 Å². The summed E-state index contributed by atoms with van der Waals surface area (Å²) < 4.78 is 0. The van der Waals surface area contributed by atoms with Crippen molar-refractivity contribution >= 4 is 25.6 Å². The molecular weight excluding hydrogens is 215 g/mol. The number of carbonyl (C=O) groups excluding carboxylic acids is 4. The van der Waals surface area contributed by atoms with E-state index < -0.39 is 0 Å². The van der Waals surface area contributed by atoms with E-state index in [4.69, 9.17) is 0 Å². The molecule has 0 aliphatic carbocycles. The van der Waals surface area contributed by atoms with Crippen LogP contribution < -0.4 is 0 Å². The Morgan fingerprint density at radius 3 is 0.846 bits per heavy atom. The van der Waals surface area contributed by atoms with Gasteiger partial charge in [-0.25, -0.2) is 0 Å². The van der Waals surface area contributed by atoms with E-state index in [1.807, 2.05) is 0 Å². The number of rotatable bonds is 4. The SMILES string of the molecule is CN([C-]=O)[C-]=O.CN([C-]=O)[C-]=O.[V+4]. The molecule has 0 aliphatic rings. The van der Waals surface area contributed by atoms with Crippen LogP contribution in [0.4, 0.5) is 0 Å². The first kappa shape index (κ1) is 17.8. The third kappa shape index (κ3) is 18.1. The fourth-order valence-electron chi connectivity index (χ4n) is 0.0373. The molecule has 0 aromatic heterocycles. The Labute approximate surface area is 87.7 Å². The van der Waals surface area contributed by atoms with Gasteiger partial charge in [-0.05, 0) is 14.1 Å². The minimum atomic E-state index is 0. The van der Waals surface area contributed by atoms with Crippen LogP contribution in [0.2, 0.25) is 0 Å². The van der Waals surface area contributed by atoms with E-state index in [2.05, 4.69) is 0 Å². The second kappa shape index (κ2) is 13.5. The van der Waals surface area contributed by atoms with Crippen molar-refractivity contribution in [2.24, 2.45) is 0 Å². The number of imide groups is 2. The van der Waals surface area contributed by atoms with Gasteiger partial charge in [-0.15, -0.1) is 0 Å². The minimum absolute atomic E-state index is 0. The van der Waals surface area contributed by atoms with Crippen molar-refractivity contribution in [1.82, 2.24) is 9.80 Å². The van der Waals surface area contributed by atoms with Gasteiger partial charge in [0.1, 0.15) is 0 Å². The number of hydrogen-bond acceptors (Lipinski definition) is 4. The van der Waals surface area contributed by atoms with Crippen LogP contribution >= 0.6 is 0 Å². The Bertz CT molecular complexity index is 131. The second-order valence-electron chi connectivity index (χ2n) is 1.48. The molecule has 0 atom stereocenters. The van der Waals surface area contributed by atoms with Crippen LogP contribution in [-0.4, -0.2) is 49.5 Å². The summed E-state index contributed by atoms with van der Waals surface area (Å²) in [5.74, 6) is 0. The Morgan fingerprint density at radius 1 is 0.692 bits per heavy atom. The van der Waals surface area contributed by atoms with Crippen LogP contribution in [-0.2, 0) is 37.7 Å². The maximum absolute atomic E-state index is 9.27. The molecule has 7 heteroatoms. The molecule has 6 nitrogen and oxygen atoms in total. The molecule has 0 rings (SSSR count). The van der Waals surface area contributed by atoms with E-state index >= 15 is 0 Å². The van der Waals surface area contributed by atoms with Crippen molar-refractivity contribution in [2.45, 2.75) is 0 Å². The molecule has 4 amide bonds. The second-order valence-corrected chi connectivity index (χ2v) is 1.48. The summed E-state index contributed by atoms with van der Waals surface area (Å²) in [7, 11) is 2.53. The normalized spacial score (nSPS) is 6.31. The molecule has 0 saturated heterocycles. The molecule has 0 bridgehead atoms. The Kier molecular flexibility index (Phi) is 18.4. The molecule has 0 fully saturated rings. The van der Waals surface area contributed by atoms with Gasteiger partial charge >= 0.3 is 18.6 Å². The number of nitrogens with zero attached hydrogens (tertiary/aromatic N) is 2. The van der Waals surface area contributed by atoms with E-state index in [0.717, 1.165) is 0 Å². The van der Waals surface area contributed by atoms with Crippen molar-refractivity contribution in [2.75, 3.05) is 14.1 Å². The maximum atomic E-state index is 9.27. The average molecular weight is 221 g/mol. The van der Waals surface area contributed by atoms with Crippen molar-refractivity contribution in [3.8, 4) is 0 Å². The molecule has 0 aromatic rings. The van der Waals surface area contributed by atoms with Gasteiger partial charge in [0.25, 0.3) is 0 Å². The Morgan fingerprint density at radius 2 is 0.846 bits per heavy atom. The zero-order valence-corrected chi connectivity index (χ0v) is 8.37. The molecule has 0 spiro atoms. The van der Waals surface area contributed by atoms with E-state index in [1.54, 1.807) is 0 Å². The zero-order valence-electron chi connectivity index (χ0n) is 6.97. The molecule has 0 aliphatic heterocycles. The van der Waals surface area contributed by atoms with Crippen LogP contribution in [0.25, 0.3) is 0 Å². The molecule has 0 N–H and O–H groups in total. The van der Waals surface area contributed by atoms with Crippen LogP contribution in [0.1, 0.15) is 0 Å². The van der Waals surface area contributed by atoms with Crippen LogP contribution in [0.5, 0.6) is 0 Å². The summed E-state index contributed by atoms with van der Waals surface area (Å²) in [6, 6.07) is 0. The fourth-order valence-corrected chi connectivity index (χ4v) is 0.0373. The van der Waals surface area contributed by atoms with Gasteiger partial charge in [0.15, 0.2) is 0 Å². The van der Waals surface area contributed by atoms with Crippen LogP contribution in [0.3, 0.4) is 0 Å². The third-order valence-electron chi connectivity index (χ3n) is 0.548. The van der Waals surface area contributed by atoms with Gasteiger partial charge in [-0.2, -0.15) is 25.6 Å². The quantitative estimate of drug-likeness (QED) is 0.410. The molecule has 1 radical (unpaired) electrons. The summed E-state index contributed by atoms with van der Waals surface area (Å²) in [5.41, 5.74) is 0. The monoisotopic (exact) mass is 221 g/mol. The van der Waals surface area contributed by atoms with E-state index in [1.165, 1.54) is 39.7 Å². The summed E-state index contributed by atoms with van der Waals surface area (Å²) in [5, 5.41) is 0. The molecule has 0 saturated carbocycles. The van der Waals surface area contributed by atoms with Gasteiger partial charge < -0.3 is 29.0 Å². The minimum Gasteiger partial charge on any atom is -0.639 e. The number of hydrogen-bond donors (Lipinski definition) is 0. The predicted molar refractivity (Wildman–Crippen MR) is 38.3 cm³/mol. The van der Waals surface area contributed by atoms with Crippen molar-refractivity contribution in [1.29, 1.82) is 0 Å². The molecule has 69 valence electrons. The predicted octanol–water partition coefficient (Wildman–Crippen LogP) is -1.90. The number of amides is 4. The first-order valence-corrected chi connectivity index (χ1v) is 2.61. The Balaban J connectivity index is -0.000000143. The van der Waals surface area contributed by atoms with Gasteiger partial charge in [0.2, 0.25) is 0 Å². The summed E-state index contributed by atoms with van der Waals surface area (Å²) in [6.45, 7) is 0. The topological polar surface area (TPSA) is 74.8 Å². The third-order valence-corrected chi connectivity index (χ3v) is 0.548. The van der Waals surface area contributed by atoms with E-state index in [-0.39, 0.29) is 18.6 Å². The maximum Gasteiger partial charge on any atom is 4.00 e. The van der Waals surface area contributed by atoms with Gasteiger partial charge in [0.05, 0.1) is 0 Å². The van der Waals surface area contributed by atoms with E-state index in [0.29, 0.717) is 9.80 Å².